The highest BCUT2D eigenvalue weighted by atomic mass is 32.2. The fourth-order valence-electron chi connectivity index (χ4n) is 3.13. The zero-order chi connectivity index (χ0) is 19.3. The van der Waals surface area contributed by atoms with E-state index in [9.17, 15) is 13.2 Å². The summed E-state index contributed by atoms with van der Waals surface area (Å²) in [6.45, 7) is 11.3. The third kappa shape index (κ3) is 5.53. The maximum atomic E-state index is 12.9. The first-order chi connectivity index (χ1) is 12.2. The van der Waals surface area contributed by atoms with E-state index in [2.05, 4.69) is 19.2 Å². The van der Waals surface area contributed by atoms with Crippen LogP contribution in [0.3, 0.4) is 0 Å². The van der Waals surface area contributed by atoms with E-state index >= 15 is 0 Å². The fourth-order valence-corrected chi connectivity index (χ4v) is 4.88. The van der Waals surface area contributed by atoms with Gasteiger partial charge >= 0.3 is 0 Å². The normalized spacial score (nSPS) is 16.8. The summed E-state index contributed by atoms with van der Waals surface area (Å²) in [4.78, 5) is 13.5. The van der Waals surface area contributed by atoms with Crippen molar-refractivity contribution >= 4 is 15.9 Å². The van der Waals surface area contributed by atoms with Crippen LogP contribution >= 0.6 is 0 Å². The molecule has 2 rings (SSSR count). The number of piperazine rings is 1. The molecule has 26 heavy (non-hydrogen) atoms. The molecular weight excluding hydrogens is 350 g/mol. The standard InChI is InChI=1S/C19H31N3O3S/c1-15(2)7-8-20-19(23)14-21-9-11-22(12-10-21)26(24,25)18-13-16(3)5-6-17(18)4/h5-6,13,15H,7-12,14H2,1-4H3,(H,20,23)/p+1. The zero-order valence-corrected chi connectivity index (χ0v) is 17.2. The van der Waals surface area contributed by atoms with Crippen LogP contribution in [-0.2, 0) is 14.8 Å². The van der Waals surface area contributed by atoms with E-state index in [1.165, 1.54) is 0 Å². The van der Waals surface area contributed by atoms with Crippen molar-refractivity contribution in [2.75, 3.05) is 39.3 Å². The SMILES string of the molecule is Cc1ccc(C)c(S(=O)(=O)N2CC[NH+](CC(=O)NCCC(C)C)CC2)c1. The third-order valence-electron chi connectivity index (χ3n) is 4.85. The minimum atomic E-state index is -3.47. The first-order valence-electron chi connectivity index (χ1n) is 9.38. The molecule has 0 aliphatic carbocycles. The molecule has 0 saturated carbocycles. The highest BCUT2D eigenvalue weighted by Crippen LogP contribution is 2.21. The van der Waals surface area contributed by atoms with Crippen LogP contribution in [0, 0.1) is 19.8 Å². The second-order valence-electron chi connectivity index (χ2n) is 7.63. The average Bonchev–Trinajstić information content (AvgIpc) is 2.57. The van der Waals surface area contributed by atoms with Crippen LogP contribution in [0.4, 0.5) is 0 Å². The van der Waals surface area contributed by atoms with Gasteiger partial charge in [0.15, 0.2) is 6.54 Å². The number of amides is 1. The van der Waals surface area contributed by atoms with Crippen molar-refractivity contribution in [3.63, 3.8) is 0 Å². The summed E-state index contributed by atoms with van der Waals surface area (Å²) in [5, 5.41) is 2.95. The van der Waals surface area contributed by atoms with Gasteiger partial charge in [-0.15, -0.1) is 0 Å². The summed E-state index contributed by atoms with van der Waals surface area (Å²) in [6.07, 6.45) is 0.975. The van der Waals surface area contributed by atoms with Gasteiger partial charge in [-0.25, -0.2) is 8.42 Å². The number of quaternary nitrogens is 1. The number of carbonyl (C=O) groups excluding carboxylic acids is 1. The second kappa shape index (κ2) is 8.97. The molecule has 2 N–H and O–H groups in total. The summed E-state index contributed by atoms with van der Waals surface area (Å²) in [6, 6.07) is 5.52. The van der Waals surface area contributed by atoms with E-state index in [1.54, 1.807) is 10.4 Å². The smallest absolute Gasteiger partial charge is 0.275 e. The lowest BCUT2D eigenvalue weighted by Crippen LogP contribution is -3.15. The molecular formula is C19H32N3O3S+. The molecule has 1 saturated heterocycles. The molecule has 146 valence electrons. The van der Waals surface area contributed by atoms with Crippen molar-refractivity contribution in [1.82, 2.24) is 9.62 Å². The number of nitrogens with zero attached hydrogens (tertiary/aromatic N) is 1. The number of hydrogen-bond donors (Lipinski definition) is 2. The molecule has 0 bridgehead atoms. The Bertz CT molecular complexity index is 724. The van der Waals surface area contributed by atoms with Crippen molar-refractivity contribution in [2.45, 2.75) is 39.0 Å². The lowest BCUT2D eigenvalue weighted by atomic mass is 10.1. The van der Waals surface area contributed by atoms with Crippen molar-refractivity contribution < 1.29 is 18.1 Å². The van der Waals surface area contributed by atoms with E-state index in [-0.39, 0.29) is 5.91 Å². The zero-order valence-electron chi connectivity index (χ0n) is 16.3. The van der Waals surface area contributed by atoms with E-state index in [0.29, 0.717) is 50.1 Å². The van der Waals surface area contributed by atoms with Crippen molar-refractivity contribution in [3.05, 3.63) is 29.3 Å². The highest BCUT2D eigenvalue weighted by molar-refractivity contribution is 7.89. The van der Waals surface area contributed by atoms with Gasteiger partial charge in [0.25, 0.3) is 5.91 Å². The Morgan fingerprint density at radius 3 is 2.50 bits per heavy atom. The van der Waals surface area contributed by atoms with E-state index in [1.807, 2.05) is 26.0 Å². The Balaban J connectivity index is 1.89. The molecule has 0 atom stereocenters. The number of aryl methyl sites for hydroxylation is 2. The van der Waals surface area contributed by atoms with Gasteiger partial charge in [-0.3, -0.25) is 4.79 Å². The Hall–Kier alpha value is -1.44. The third-order valence-corrected chi connectivity index (χ3v) is 6.89. The van der Waals surface area contributed by atoms with E-state index in [0.717, 1.165) is 22.4 Å². The summed E-state index contributed by atoms with van der Waals surface area (Å²) >= 11 is 0. The quantitative estimate of drug-likeness (QED) is 0.715. The molecule has 0 spiro atoms. The number of nitrogens with one attached hydrogen (secondary N) is 2. The first kappa shape index (κ1) is 20.9. The van der Waals surface area contributed by atoms with Crippen molar-refractivity contribution in [1.29, 1.82) is 0 Å². The molecule has 1 aromatic rings. The topological polar surface area (TPSA) is 70.9 Å². The van der Waals surface area contributed by atoms with Gasteiger partial charge in [0.05, 0.1) is 31.1 Å². The van der Waals surface area contributed by atoms with Gasteiger partial charge in [0.2, 0.25) is 10.0 Å². The number of sulfonamides is 1. The molecule has 1 aromatic carbocycles. The molecule has 0 aromatic heterocycles. The van der Waals surface area contributed by atoms with E-state index in [4.69, 9.17) is 0 Å². The summed E-state index contributed by atoms with van der Waals surface area (Å²) < 4.78 is 27.4. The number of hydrogen-bond acceptors (Lipinski definition) is 3. The van der Waals surface area contributed by atoms with Crippen LogP contribution in [0.5, 0.6) is 0 Å². The fraction of sp³-hybridized carbons (Fsp3) is 0.632. The molecule has 0 radical (unpaired) electrons. The minimum Gasteiger partial charge on any atom is -0.351 e. The van der Waals surface area contributed by atoms with Crippen LogP contribution in [0.2, 0.25) is 0 Å². The maximum absolute atomic E-state index is 12.9. The molecule has 1 aliphatic heterocycles. The summed E-state index contributed by atoms with van der Waals surface area (Å²) in [5.41, 5.74) is 1.71. The Morgan fingerprint density at radius 2 is 1.88 bits per heavy atom. The van der Waals surface area contributed by atoms with Gasteiger partial charge in [-0.2, -0.15) is 4.31 Å². The molecule has 1 fully saturated rings. The monoisotopic (exact) mass is 382 g/mol. The average molecular weight is 383 g/mol. The van der Waals surface area contributed by atoms with Crippen LogP contribution in [0.15, 0.2) is 23.1 Å². The molecule has 1 amide bonds. The van der Waals surface area contributed by atoms with Gasteiger partial charge in [-0.1, -0.05) is 26.0 Å². The van der Waals surface area contributed by atoms with Crippen LogP contribution < -0.4 is 10.2 Å². The Kier molecular flexibility index (Phi) is 7.20. The highest BCUT2D eigenvalue weighted by Gasteiger charge is 2.32. The van der Waals surface area contributed by atoms with Gasteiger partial charge in [0.1, 0.15) is 0 Å². The van der Waals surface area contributed by atoms with Crippen LogP contribution in [0.25, 0.3) is 0 Å². The molecule has 7 heteroatoms. The van der Waals surface area contributed by atoms with Gasteiger partial charge < -0.3 is 10.2 Å². The lowest BCUT2D eigenvalue weighted by Gasteiger charge is -2.31. The maximum Gasteiger partial charge on any atom is 0.275 e. The van der Waals surface area contributed by atoms with Crippen LogP contribution in [0.1, 0.15) is 31.4 Å². The van der Waals surface area contributed by atoms with E-state index < -0.39 is 10.0 Å². The first-order valence-corrected chi connectivity index (χ1v) is 10.8. The van der Waals surface area contributed by atoms with Gasteiger partial charge in [-0.05, 0) is 43.4 Å². The van der Waals surface area contributed by atoms with Crippen molar-refractivity contribution in [3.8, 4) is 0 Å². The second-order valence-corrected chi connectivity index (χ2v) is 9.54. The predicted molar refractivity (Wildman–Crippen MR) is 103 cm³/mol. The summed E-state index contributed by atoms with van der Waals surface area (Å²) in [7, 11) is -3.47. The minimum absolute atomic E-state index is 0.0477. The number of carbonyl (C=O) groups is 1. The molecule has 1 aliphatic rings. The largest absolute Gasteiger partial charge is 0.351 e. The van der Waals surface area contributed by atoms with Crippen LogP contribution in [-0.4, -0.2) is 57.9 Å². The summed E-state index contributed by atoms with van der Waals surface area (Å²) in [5.74, 6) is 0.618. The molecule has 6 nitrogen and oxygen atoms in total. The van der Waals surface area contributed by atoms with Crippen molar-refractivity contribution in [2.24, 2.45) is 5.92 Å². The predicted octanol–water partition coefficient (Wildman–Crippen LogP) is 0.355. The van der Waals surface area contributed by atoms with Gasteiger partial charge in [0, 0.05) is 6.54 Å². The number of benzene rings is 1. The number of rotatable bonds is 7. The Morgan fingerprint density at radius 1 is 1.23 bits per heavy atom. The molecule has 1 heterocycles. The Labute approximate surface area is 157 Å². The molecule has 0 unspecified atom stereocenters. The lowest BCUT2D eigenvalue weighted by molar-refractivity contribution is -0.895.